The van der Waals surface area contributed by atoms with Crippen molar-refractivity contribution in [1.82, 2.24) is 15.5 Å². The molecule has 6 nitrogen and oxygen atoms in total. The third kappa shape index (κ3) is 4.61. The maximum atomic E-state index is 5.88. The maximum Gasteiger partial charge on any atom is 0.191 e. The van der Waals surface area contributed by atoms with Gasteiger partial charge in [0.2, 0.25) is 0 Å². The summed E-state index contributed by atoms with van der Waals surface area (Å²) in [7, 11) is 3.89. The van der Waals surface area contributed by atoms with Crippen LogP contribution in [0.2, 0.25) is 0 Å². The highest BCUT2D eigenvalue weighted by Gasteiger charge is 2.59. The first kappa shape index (κ1) is 19.5. The summed E-state index contributed by atoms with van der Waals surface area (Å²) in [6.45, 7) is 12.1. The number of likely N-dealkylation sites (N-methyl/N-ethyl adjacent to an activating group) is 1. The summed E-state index contributed by atoms with van der Waals surface area (Å²) in [5.41, 5.74) is 0.175. The molecule has 0 aromatic heterocycles. The molecule has 1 aliphatic heterocycles. The second kappa shape index (κ2) is 9.02. The van der Waals surface area contributed by atoms with Gasteiger partial charge in [-0.3, -0.25) is 4.99 Å². The van der Waals surface area contributed by atoms with Crippen molar-refractivity contribution >= 4 is 5.96 Å². The van der Waals surface area contributed by atoms with Gasteiger partial charge in [-0.2, -0.15) is 0 Å². The molecule has 0 bridgehead atoms. The lowest BCUT2D eigenvalue weighted by atomic mass is 9.57. The third-order valence-electron chi connectivity index (χ3n) is 5.38. The number of guanidine groups is 1. The fourth-order valence-corrected chi connectivity index (χ4v) is 4.01. The SMILES string of the molecule is CCNC(=NCCN(C)CCCOC)NC1C2CCOC2C1(C)C. The second-order valence-corrected chi connectivity index (χ2v) is 7.60. The van der Waals surface area contributed by atoms with Crippen molar-refractivity contribution in [2.24, 2.45) is 16.3 Å². The Morgan fingerprint density at radius 1 is 1.38 bits per heavy atom. The molecule has 2 rings (SSSR count). The normalized spacial score (nSPS) is 28.6. The van der Waals surface area contributed by atoms with Crippen LogP contribution in [0.4, 0.5) is 0 Å². The van der Waals surface area contributed by atoms with E-state index < -0.39 is 0 Å². The quantitative estimate of drug-likeness (QED) is 0.377. The molecule has 1 saturated heterocycles. The standard InChI is InChI=1S/C18H36N4O2/c1-6-19-17(20-9-11-22(4)10-7-12-23-5)21-15-14-8-13-24-16(14)18(15,2)3/h14-16H,6-13H2,1-5H3,(H2,19,20,21). The predicted octanol–water partition coefficient (Wildman–Crippen LogP) is 1.32. The van der Waals surface area contributed by atoms with Crippen LogP contribution in [0.15, 0.2) is 4.99 Å². The first-order valence-electron chi connectivity index (χ1n) is 9.34. The summed E-state index contributed by atoms with van der Waals surface area (Å²) >= 11 is 0. The van der Waals surface area contributed by atoms with Crippen LogP contribution in [0, 0.1) is 11.3 Å². The van der Waals surface area contributed by atoms with Gasteiger partial charge in [0.25, 0.3) is 0 Å². The number of fused-ring (bicyclic) bond motifs is 1. The van der Waals surface area contributed by atoms with Gasteiger partial charge in [0, 0.05) is 57.3 Å². The van der Waals surface area contributed by atoms with Crippen LogP contribution in [0.1, 0.15) is 33.6 Å². The molecule has 2 fully saturated rings. The number of aliphatic imine (C=N–C) groups is 1. The molecule has 2 N–H and O–H groups in total. The molecule has 0 aromatic carbocycles. The second-order valence-electron chi connectivity index (χ2n) is 7.60. The average molecular weight is 341 g/mol. The molecule has 0 aromatic rings. The lowest BCUT2D eigenvalue weighted by molar-refractivity contribution is -0.106. The van der Waals surface area contributed by atoms with Crippen LogP contribution in [-0.4, -0.2) is 76.6 Å². The van der Waals surface area contributed by atoms with Crippen molar-refractivity contribution in [3.8, 4) is 0 Å². The number of hydrogen-bond donors (Lipinski definition) is 2. The van der Waals surface area contributed by atoms with Gasteiger partial charge in [-0.15, -0.1) is 0 Å². The van der Waals surface area contributed by atoms with Crippen LogP contribution in [0.3, 0.4) is 0 Å². The molecule has 1 saturated carbocycles. The van der Waals surface area contributed by atoms with Gasteiger partial charge in [0.15, 0.2) is 5.96 Å². The highest BCUT2D eigenvalue weighted by Crippen LogP contribution is 2.52. The van der Waals surface area contributed by atoms with E-state index in [1.54, 1.807) is 7.11 Å². The highest BCUT2D eigenvalue weighted by molar-refractivity contribution is 5.80. The summed E-state index contributed by atoms with van der Waals surface area (Å²) in [4.78, 5) is 7.07. The Bertz CT molecular complexity index is 414. The monoisotopic (exact) mass is 340 g/mol. The Morgan fingerprint density at radius 2 is 2.17 bits per heavy atom. The molecule has 24 heavy (non-hydrogen) atoms. The summed E-state index contributed by atoms with van der Waals surface area (Å²) in [6.07, 6.45) is 2.63. The number of rotatable bonds is 9. The van der Waals surface area contributed by atoms with E-state index in [1.807, 2.05) is 0 Å². The number of ether oxygens (including phenoxy) is 2. The van der Waals surface area contributed by atoms with Crippen LogP contribution in [-0.2, 0) is 9.47 Å². The Hall–Kier alpha value is -0.850. The lowest BCUT2D eigenvalue weighted by Crippen LogP contribution is -2.68. The minimum absolute atomic E-state index is 0.175. The summed E-state index contributed by atoms with van der Waals surface area (Å²) in [5.74, 6) is 1.56. The lowest BCUT2D eigenvalue weighted by Gasteiger charge is -2.54. The summed E-state index contributed by atoms with van der Waals surface area (Å²) in [6, 6.07) is 0.447. The number of hydrogen-bond acceptors (Lipinski definition) is 4. The van der Waals surface area contributed by atoms with E-state index in [-0.39, 0.29) is 5.41 Å². The van der Waals surface area contributed by atoms with E-state index in [0.717, 1.165) is 58.2 Å². The van der Waals surface area contributed by atoms with Gasteiger partial charge in [0.1, 0.15) is 0 Å². The molecule has 1 heterocycles. The first-order valence-corrected chi connectivity index (χ1v) is 9.34. The first-order chi connectivity index (χ1) is 11.5. The predicted molar refractivity (Wildman–Crippen MR) is 98.5 cm³/mol. The van der Waals surface area contributed by atoms with Crippen molar-refractivity contribution in [3.05, 3.63) is 0 Å². The van der Waals surface area contributed by atoms with Crippen LogP contribution >= 0.6 is 0 Å². The molecule has 0 spiro atoms. The van der Waals surface area contributed by atoms with E-state index in [4.69, 9.17) is 14.5 Å². The van der Waals surface area contributed by atoms with Crippen molar-refractivity contribution in [3.63, 3.8) is 0 Å². The van der Waals surface area contributed by atoms with Gasteiger partial charge in [-0.1, -0.05) is 13.8 Å². The Balaban J connectivity index is 1.80. The van der Waals surface area contributed by atoms with Crippen molar-refractivity contribution < 1.29 is 9.47 Å². The van der Waals surface area contributed by atoms with Crippen molar-refractivity contribution in [2.75, 3.05) is 53.6 Å². The fraction of sp³-hybridized carbons (Fsp3) is 0.944. The maximum absolute atomic E-state index is 5.88. The minimum Gasteiger partial charge on any atom is -0.385 e. The van der Waals surface area contributed by atoms with E-state index in [9.17, 15) is 0 Å². The van der Waals surface area contributed by atoms with E-state index in [1.165, 1.54) is 0 Å². The molecular weight excluding hydrogens is 304 g/mol. The molecule has 3 unspecified atom stereocenters. The minimum atomic E-state index is 0.175. The molecule has 0 amide bonds. The number of methoxy groups -OCH3 is 1. The topological polar surface area (TPSA) is 58.1 Å². The molecule has 1 aliphatic carbocycles. The van der Waals surface area contributed by atoms with Gasteiger partial charge in [-0.05, 0) is 26.8 Å². The highest BCUT2D eigenvalue weighted by atomic mass is 16.5. The Morgan fingerprint density at radius 3 is 2.88 bits per heavy atom. The Kier molecular flexibility index (Phi) is 7.32. The van der Waals surface area contributed by atoms with Gasteiger partial charge < -0.3 is 25.0 Å². The molecule has 3 atom stereocenters. The number of nitrogens with zero attached hydrogens (tertiary/aromatic N) is 2. The number of nitrogens with one attached hydrogen (secondary N) is 2. The van der Waals surface area contributed by atoms with E-state index in [0.29, 0.717) is 18.1 Å². The summed E-state index contributed by atoms with van der Waals surface area (Å²) in [5, 5.41) is 7.05. The summed E-state index contributed by atoms with van der Waals surface area (Å²) < 4.78 is 11.0. The van der Waals surface area contributed by atoms with Crippen molar-refractivity contribution in [1.29, 1.82) is 0 Å². The zero-order valence-electron chi connectivity index (χ0n) is 16.1. The van der Waals surface area contributed by atoms with Crippen LogP contribution < -0.4 is 10.6 Å². The van der Waals surface area contributed by atoms with Gasteiger partial charge in [0.05, 0.1) is 12.6 Å². The van der Waals surface area contributed by atoms with Gasteiger partial charge >= 0.3 is 0 Å². The Labute approximate surface area is 147 Å². The average Bonchev–Trinajstić information content (AvgIpc) is 2.99. The van der Waals surface area contributed by atoms with Crippen molar-refractivity contribution in [2.45, 2.75) is 45.8 Å². The molecule has 2 aliphatic rings. The van der Waals surface area contributed by atoms with Gasteiger partial charge in [-0.25, -0.2) is 0 Å². The van der Waals surface area contributed by atoms with Crippen LogP contribution in [0.5, 0.6) is 0 Å². The zero-order valence-corrected chi connectivity index (χ0v) is 16.1. The van der Waals surface area contributed by atoms with E-state index >= 15 is 0 Å². The van der Waals surface area contributed by atoms with E-state index in [2.05, 4.69) is 43.4 Å². The molecule has 0 radical (unpaired) electrons. The molecule has 140 valence electrons. The van der Waals surface area contributed by atoms with Crippen LogP contribution in [0.25, 0.3) is 0 Å². The third-order valence-corrected chi connectivity index (χ3v) is 5.38. The fourth-order valence-electron chi connectivity index (χ4n) is 4.01. The molecule has 6 heteroatoms. The molecular formula is C18H36N4O2. The largest absolute Gasteiger partial charge is 0.385 e. The zero-order chi connectivity index (χ0) is 17.6. The smallest absolute Gasteiger partial charge is 0.191 e.